The molecule has 0 saturated carbocycles. The van der Waals surface area contributed by atoms with Gasteiger partial charge in [0.1, 0.15) is 0 Å². The van der Waals surface area contributed by atoms with Crippen molar-refractivity contribution in [1.82, 2.24) is 0 Å². The standard InChI is InChI=1S/C7H13O2.Li/c1-4-7(8-5-2)9-6-3;/h7H,1,5-6H2,2-3H3;. The molecule has 0 N–H and O–H groups in total. The summed E-state index contributed by atoms with van der Waals surface area (Å²) in [5.41, 5.74) is 0. The second kappa shape index (κ2) is 6.00. The van der Waals surface area contributed by atoms with Gasteiger partial charge in [0.15, 0.2) is 0 Å². The Bertz CT molecular complexity index is 97.8. The van der Waals surface area contributed by atoms with E-state index in [4.69, 9.17) is 9.47 Å². The molecule has 0 aromatic carbocycles. The summed E-state index contributed by atoms with van der Waals surface area (Å²) in [6.07, 6.45) is -0.213. The van der Waals surface area contributed by atoms with Crippen molar-refractivity contribution in [1.29, 1.82) is 0 Å². The molecule has 10 heavy (non-hydrogen) atoms. The fourth-order valence-electron chi connectivity index (χ4n) is 0.635. The number of ether oxygens (including phenoxy) is 2. The maximum absolute atomic E-state index is 5.22. The van der Waals surface area contributed by atoms with Crippen LogP contribution in [0.4, 0.5) is 0 Å². The van der Waals surface area contributed by atoms with Gasteiger partial charge in [-0.2, -0.15) is 0 Å². The first kappa shape index (κ1) is 10.3. The Morgan fingerprint density at radius 3 is 2.00 bits per heavy atom. The average molecular weight is 136 g/mol. The van der Waals surface area contributed by atoms with E-state index in [0.29, 0.717) is 13.2 Å². The van der Waals surface area contributed by atoms with Crippen molar-refractivity contribution < 1.29 is 9.47 Å². The van der Waals surface area contributed by atoms with Gasteiger partial charge in [-0.15, -0.1) is 0 Å². The van der Waals surface area contributed by atoms with E-state index in [9.17, 15) is 0 Å². The molecule has 0 aliphatic heterocycles. The van der Waals surface area contributed by atoms with Crippen LogP contribution < -0.4 is 0 Å². The molecule has 0 bridgehead atoms. The third-order valence-electron chi connectivity index (χ3n) is 1.04. The molecular weight excluding hydrogens is 123 g/mol. The second-order valence-electron chi connectivity index (χ2n) is 2.09. The van der Waals surface area contributed by atoms with Crippen LogP contribution in [0.25, 0.3) is 0 Å². The Hall–Kier alpha value is 0.257. The fourth-order valence-corrected chi connectivity index (χ4v) is 0.635. The van der Waals surface area contributed by atoms with Gasteiger partial charge in [-0.1, -0.05) is 0 Å². The Morgan fingerprint density at radius 1 is 1.40 bits per heavy atom. The molecular formula is C7H13LiO2. The molecule has 0 aliphatic carbocycles. The van der Waals surface area contributed by atoms with Crippen LogP contribution in [0.5, 0.6) is 0 Å². The summed E-state index contributed by atoms with van der Waals surface area (Å²) >= 11 is 1.90. The number of hydrogen-bond donors (Lipinski definition) is 0. The van der Waals surface area contributed by atoms with Crippen LogP contribution in [0.2, 0.25) is 0 Å². The summed E-state index contributed by atoms with van der Waals surface area (Å²) < 4.78 is 11.4. The van der Waals surface area contributed by atoms with E-state index in [-0.39, 0.29) is 6.29 Å². The van der Waals surface area contributed by atoms with E-state index < -0.39 is 0 Å². The van der Waals surface area contributed by atoms with E-state index in [1.807, 2.05) is 31.6 Å². The third kappa shape index (κ3) is 4.13. The van der Waals surface area contributed by atoms with Crippen LogP contribution in [0.3, 0.4) is 0 Å². The molecule has 0 atom stereocenters. The quantitative estimate of drug-likeness (QED) is 0.415. The molecule has 54 valence electrons. The second-order valence-corrected chi connectivity index (χ2v) is 2.09. The van der Waals surface area contributed by atoms with E-state index in [2.05, 4.69) is 6.58 Å². The van der Waals surface area contributed by atoms with Gasteiger partial charge in [-0.25, -0.2) is 0 Å². The molecule has 0 spiro atoms. The van der Waals surface area contributed by atoms with Crippen molar-refractivity contribution in [2.75, 3.05) is 13.2 Å². The zero-order valence-corrected chi connectivity index (χ0v) is 7.02. The molecule has 2 nitrogen and oxygen atoms in total. The fraction of sp³-hybridized carbons (Fsp3) is 0.714. The Balaban J connectivity index is 3.61. The van der Waals surface area contributed by atoms with Crippen molar-refractivity contribution in [2.24, 2.45) is 0 Å². The maximum atomic E-state index is 5.22. The molecule has 0 amide bonds. The topological polar surface area (TPSA) is 18.5 Å². The van der Waals surface area contributed by atoms with E-state index >= 15 is 0 Å². The minimum absolute atomic E-state index is 0.213. The Labute approximate surface area is 71.8 Å². The van der Waals surface area contributed by atoms with Gasteiger partial charge in [0.2, 0.25) is 0 Å². The van der Waals surface area contributed by atoms with Crippen molar-refractivity contribution in [3.63, 3.8) is 0 Å². The Morgan fingerprint density at radius 2 is 1.80 bits per heavy atom. The molecule has 3 heteroatoms. The first-order chi connectivity index (χ1) is 4.72. The predicted molar refractivity (Wildman–Crippen MR) is 41.9 cm³/mol. The molecule has 0 rings (SSSR count). The summed E-state index contributed by atoms with van der Waals surface area (Å²) in [6, 6.07) is 0. The van der Waals surface area contributed by atoms with Crippen LogP contribution in [0.15, 0.2) is 10.8 Å². The normalized spacial score (nSPS) is 10.5. The van der Waals surface area contributed by atoms with Crippen molar-refractivity contribution in [3.05, 3.63) is 10.8 Å². The molecule has 0 saturated heterocycles. The summed E-state index contributed by atoms with van der Waals surface area (Å²) in [6.45, 7) is 8.95. The molecule has 0 radical (unpaired) electrons. The van der Waals surface area contributed by atoms with Crippen LogP contribution >= 0.6 is 0 Å². The van der Waals surface area contributed by atoms with E-state index in [0.717, 1.165) is 4.25 Å². The molecule has 0 aromatic rings. The first-order valence-electron chi connectivity index (χ1n) is 3.61. The van der Waals surface area contributed by atoms with Gasteiger partial charge in [0, 0.05) is 0 Å². The van der Waals surface area contributed by atoms with Crippen LogP contribution in [0.1, 0.15) is 13.8 Å². The van der Waals surface area contributed by atoms with Gasteiger partial charge in [0.05, 0.1) is 0 Å². The molecule has 0 aliphatic rings. The van der Waals surface area contributed by atoms with Crippen LogP contribution in [-0.2, 0) is 9.47 Å². The van der Waals surface area contributed by atoms with Gasteiger partial charge in [-0.05, 0) is 0 Å². The van der Waals surface area contributed by atoms with Crippen LogP contribution in [0, 0.1) is 0 Å². The minimum atomic E-state index is -0.213. The zero-order chi connectivity index (χ0) is 7.98. The van der Waals surface area contributed by atoms with Crippen LogP contribution in [-0.4, -0.2) is 37.2 Å². The first-order valence-corrected chi connectivity index (χ1v) is 3.61. The average Bonchev–Trinajstić information content (AvgIpc) is 1.87. The summed E-state index contributed by atoms with van der Waals surface area (Å²) in [5, 5.41) is 0. The summed E-state index contributed by atoms with van der Waals surface area (Å²) in [4.78, 5) is 0. The molecule has 0 aromatic heterocycles. The van der Waals surface area contributed by atoms with Gasteiger partial charge in [0.25, 0.3) is 0 Å². The predicted octanol–water partition coefficient (Wildman–Crippen LogP) is 1.07. The molecule has 0 heterocycles. The summed E-state index contributed by atoms with van der Waals surface area (Å²) in [5.74, 6) is 0. The van der Waals surface area contributed by atoms with Crippen molar-refractivity contribution in [2.45, 2.75) is 20.1 Å². The van der Waals surface area contributed by atoms with E-state index in [1.54, 1.807) is 0 Å². The summed E-state index contributed by atoms with van der Waals surface area (Å²) in [7, 11) is 0. The zero-order valence-electron chi connectivity index (χ0n) is 7.02. The van der Waals surface area contributed by atoms with Gasteiger partial charge >= 0.3 is 71.4 Å². The molecule has 0 unspecified atom stereocenters. The number of hydrogen-bond acceptors (Lipinski definition) is 2. The Kier molecular flexibility index (Phi) is 6.15. The monoisotopic (exact) mass is 136 g/mol. The number of rotatable bonds is 5. The third-order valence-corrected chi connectivity index (χ3v) is 1.04. The van der Waals surface area contributed by atoms with Gasteiger partial charge in [-0.3, -0.25) is 0 Å². The van der Waals surface area contributed by atoms with Crippen molar-refractivity contribution >= 4 is 17.7 Å². The molecule has 0 fully saturated rings. The van der Waals surface area contributed by atoms with E-state index in [1.165, 1.54) is 0 Å². The SMILES string of the molecule is [Li][C](=C)C(OCC)OCC. The van der Waals surface area contributed by atoms with Crippen molar-refractivity contribution in [3.8, 4) is 0 Å². The van der Waals surface area contributed by atoms with Gasteiger partial charge < -0.3 is 0 Å².